The van der Waals surface area contributed by atoms with Gasteiger partial charge in [-0.05, 0) is 6.08 Å². The first-order valence-corrected chi connectivity index (χ1v) is 6.28. The fourth-order valence-corrected chi connectivity index (χ4v) is 1.94. The molecule has 0 amide bonds. The Kier molecular flexibility index (Phi) is 4.78. The molecule has 0 radical (unpaired) electrons. The van der Waals surface area contributed by atoms with E-state index < -0.39 is 17.5 Å². The van der Waals surface area contributed by atoms with Crippen LogP contribution in [0.2, 0.25) is 0 Å². The van der Waals surface area contributed by atoms with Gasteiger partial charge in [-0.25, -0.2) is 9.36 Å². The number of nitrogens with zero attached hydrogens (tertiary/aromatic N) is 2. The van der Waals surface area contributed by atoms with Gasteiger partial charge in [0.2, 0.25) is 0 Å². The molecule has 1 aliphatic rings. The van der Waals surface area contributed by atoms with Crippen molar-refractivity contribution in [1.82, 2.24) is 9.13 Å². The van der Waals surface area contributed by atoms with Crippen molar-refractivity contribution in [3.63, 3.8) is 0 Å². The van der Waals surface area contributed by atoms with Gasteiger partial charge in [0.1, 0.15) is 12.7 Å². The largest absolute Gasteiger partial charge is 0.366 e. The molecule has 0 unspecified atom stereocenters. The van der Waals surface area contributed by atoms with Crippen molar-refractivity contribution in [2.45, 2.75) is 18.9 Å². The van der Waals surface area contributed by atoms with E-state index in [1.807, 2.05) is 0 Å². The van der Waals surface area contributed by atoms with E-state index in [9.17, 15) is 9.59 Å². The SMILES string of the molecule is C#CCOC[C@@H]1C=C[C@H](n2ccc(=O)n(CC#C)c2=O)O1. The Bertz CT molecular complexity index is 730. The molecule has 0 aliphatic carbocycles. The predicted octanol–water partition coefficient (Wildman–Crippen LogP) is -0.253. The van der Waals surface area contributed by atoms with Crippen LogP contribution in [0.25, 0.3) is 0 Å². The average Bonchev–Trinajstić information content (AvgIpc) is 2.92. The summed E-state index contributed by atoms with van der Waals surface area (Å²) in [4.78, 5) is 23.8. The van der Waals surface area contributed by atoms with E-state index in [4.69, 9.17) is 22.3 Å². The topological polar surface area (TPSA) is 62.5 Å². The standard InChI is InChI=1S/C15H14N2O4/c1-3-8-16-13(18)7-9-17(15(16)19)14-6-5-12(21-14)11-20-10-4-2/h1-2,5-7,9,12,14H,8,10-11H2/t12-,14+/m0/s1. The lowest BCUT2D eigenvalue weighted by atomic mass is 10.4. The lowest BCUT2D eigenvalue weighted by Crippen LogP contribution is -2.40. The minimum atomic E-state index is -0.596. The zero-order valence-electron chi connectivity index (χ0n) is 11.3. The van der Waals surface area contributed by atoms with E-state index in [1.165, 1.54) is 16.8 Å². The highest BCUT2D eigenvalue weighted by atomic mass is 16.5. The molecule has 2 atom stereocenters. The Morgan fingerprint density at radius 3 is 2.81 bits per heavy atom. The summed E-state index contributed by atoms with van der Waals surface area (Å²) in [6, 6.07) is 1.28. The summed E-state index contributed by atoms with van der Waals surface area (Å²) in [5, 5.41) is 0. The lowest BCUT2D eigenvalue weighted by molar-refractivity contribution is -0.0255. The summed E-state index contributed by atoms with van der Waals surface area (Å²) in [5.41, 5.74) is -0.953. The first kappa shape index (κ1) is 14.9. The Morgan fingerprint density at radius 2 is 2.10 bits per heavy atom. The van der Waals surface area contributed by atoms with Crippen molar-refractivity contribution in [3.8, 4) is 24.7 Å². The summed E-state index contributed by atoms with van der Waals surface area (Å²) in [6.45, 7) is 0.422. The fourth-order valence-electron chi connectivity index (χ4n) is 1.94. The summed E-state index contributed by atoms with van der Waals surface area (Å²) in [6.07, 6.45) is 14.2. The van der Waals surface area contributed by atoms with E-state index in [0.717, 1.165) is 4.57 Å². The van der Waals surface area contributed by atoms with E-state index >= 15 is 0 Å². The van der Waals surface area contributed by atoms with Crippen LogP contribution in [0.1, 0.15) is 6.23 Å². The second kappa shape index (κ2) is 6.76. The maximum absolute atomic E-state index is 12.2. The molecule has 108 valence electrons. The number of terminal acetylenes is 2. The molecule has 0 spiro atoms. The van der Waals surface area contributed by atoms with Gasteiger partial charge < -0.3 is 9.47 Å². The number of ether oxygens (including phenoxy) is 2. The summed E-state index contributed by atoms with van der Waals surface area (Å²) in [5.74, 6) is 4.64. The maximum atomic E-state index is 12.2. The summed E-state index contributed by atoms with van der Waals surface area (Å²) in [7, 11) is 0. The first-order valence-electron chi connectivity index (χ1n) is 6.28. The van der Waals surface area contributed by atoms with E-state index in [0.29, 0.717) is 6.61 Å². The van der Waals surface area contributed by atoms with Gasteiger partial charge in [0.05, 0.1) is 13.2 Å². The second-order valence-corrected chi connectivity index (χ2v) is 4.30. The van der Waals surface area contributed by atoms with Gasteiger partial charge >= 0.3 is 5.69 Å². The highest BCUT2D eigenvalue weighted by molar-refractivity contribution is 5.03. The van der Waals surface area contributed by atoms with Gasteiger partial charge in [0.25, 0.3) is 5.56 Å². The van der Waals surface area contributed by atoms with Crippen LogP contribution >= 0.6 is 0 Å². The summed E-state index contributed by atoms with van der Waals surface area (Å²) < 4.78 is 13.1. The molecule has 6 heteroatoms. The minimum Gasteiger partial charge on any atom is -0.366 e. The van der Waals surface area contributed by atoms with Crippen molar-refractivity contribution in [2.24, 2.45) is 0 Å². The predicted molar refractivity (Wildman–Crippen MR) is 76.5 cm³/mol. The Morgan fingerprint density at radius 1 is 1.29 bits per heavy atom. The van der Waals surface area contributed by atoms with Crippen molar-refractivity contribution in [2.75, 3.05) is 13.2 Å². The molecule has 0 bridgehead atoms. The molecule has 0 saturated carbocycles. The quantitative estimate of drug-likeness (QED) is 0.425. The second-order valence-electron chi connectivity index (χ2n) is 4.30. The van der Waals surface area contributed by atoms with Gasteiger partial charge in [-0.1, -0.05) is 17.9 Å². The van der Waals surface area contributed by atoms with Crippen LogP contribution < -0.4 is 11.2 Å². The van der Waals surface area contributed by atoms with Crippen molar-refractivity contribution in [1.29, 1.82) is 0 Å². The molecule has 0 aromatic carbocycles. The minimum absolute atomic E-state index is 0.0797. The van der Waals surface area contributed by atoms with Crippen LogP contribution in [-0.2, 0) is 16.0 Å². The zero-order chi connectivity index (χ0) is 15.2. The third-order valence-electron chi connectivity index (χ3n) is 2.89. The third-order valence-corrected chi connectivity index (χ3v) is 2.89. The van der Waals surface area contributed by atoms with E-state index in [1.54, 1.807) is 12.2 Å². The normalized spacial score (nSPS) is 20.1. The molecule has 2 heterocycles. The number of aromatic nitrogens is 2. The first-order chi connectivity index (χ1) is 10.2. The molecule has 0 fully saturated rings. The molecule has 6 nitrogen and oxygen atoms in total. The van der Waals surface area contributed by atoms with Gasteiger partial charge in [0, 0.05) is 12.3 Å². The van der Waals surface area contributed by atoms with Crippen LogP contribution in [-0.4, -0.2) is 28.5 Å². The van der Waals surface area contributed by atoms with Crippen LogP contribution in [0.3, 0.4) is 0 Å². The Hall–Kier alpha value is -2.54. The lowest BCUT2D eigenvalue weighted by Gasteiger charge is -2.16. The van der Waals surface area contributed by atoms with Gasteiger partial charge in [-0.2, -0.15) is 0 Å². The highest BCUT2D eigenvalue weighted by Gasteiger charge is 2.22. The van der Waals surface area contributed by atoms with Crippen molar-refractivity contribution in [3.05, 3.63) is 45.3 Å². The van der Waals surface area contributed by atoms with Gasteiger partial charge in [-0.3, -0.25) is 9.36 Å². The van der Waals surface area contributed by atoms with Crippen LogP contribution in [0.15, 0.2) is 34.0 Å². The molecule has 1 aliphatic heterocycles. The van der Waals surface area contributed by atoms with E-state index in [-0.39, 0.29) is 19.3 Å². The number of rotatable bonds is 5. The molecule has 1 aromatic rings. The Labute approximate surface area is 121 Å². The molecule has 0 N–H and O–H groups in total. The van der Waals surface area contributed by atoms with Crippen LogP contribution in [0.5, 0.6) is 0 Å². The Balaban J connectivity index is 2.15. The van der Waals surface area contributed by atoms with Gasteiger partial charge in [-0.15, -0.1) is 12.8 Å². The molecule has 2 rings (SSSR count). The van der Waals surface area contributed by atoms with Crippen molar-refractivity contribution >= 4 is 0 Å². The average molecular weight is 286 g/mol. The van der Waals surface area contributed by atoms with Gasteiger partial charge in [0.15, 0.2) is 6.23 Å². The third kappa shape index (κ3) is 3.32. The zero-order valence-corrected chi connectivity index (χ0v) is 11.3. The number of hydrogen-bond donors (Lipinski definition) is 0. The number of hydrogen-bond acceptors (Lipinski definition) is 4. The highest BCUT2D eigenvalue weighted by Crippen LogP contribution is 2.19. The molecule has 0 saturated heterocycles. The maximum Gasteiger partial charge on any atom is 0.334 e. The molecule has 21 heavy (non-hydrogen) atoms. The monoisotopic (exact) mass is 286 g/mol. The smallest absolute Gasteiger partial charge is 0.334 e. The fraction of sp³-hybridized carbons (Fsp3) is 0.333. The van der Waals surface area contributed by atoms with Crippen LogP contribution in [0.4, 0.5) is 0 Å². The molecule has 1 aromatic heterocycles. The molecular weight excluding hydrogens is 272 g/mol. The van der Waals surface area contributed by atoms with Crippen molar-refractivity contribution < 1.29 is 9.47 Å². The van der Waals surface area contributed by atoms with Crippen LogP contribution in [0, 0.1) is 24.7 Å². The summed E-state index contributed by atoms with van der Waals surface area (Å²) >= 11 is 0. The molecular formula is C15H14N2O4. The van der Waals surface area contributed by atoms with E-state index in [2.05, 4.69) is 11.8 Å².